The molecule has 0 aromatic carbocycles. The third-order valence-electron chi connectivity index (χ3n) is 4.38. The van der Waals surface area contributed by atoms with Gasteiger partial charge >= 0.3 is 0 Å². The SMILES string of the molecule is COC[C@@H]1C[C@@H](N2Cc3sc(-n4cc(C#N)cn4)nc3C2=O)CN1. The predicted molar refractivity (Wildman–Crippen MR) is 85.9 cm³/mol. The summed E-state index contributed by atoms with van der Waals surface area (Å²) in [5.41, 5.74) is 0.985. The van der Waals surface area contributed by atoms with Crippen molar-refractivity contribution in [3.63, 3.8) is 0 Å². The predicted octanol–water partition coefficient (Wildman–Crippen LogP) is 0.533. The van der Waals surface area contributed by atoms with Crippen molar-refractivity contribution in [1.82, 2.24) is 25.0 Å². The third-order valence-corrected chi connectivity index (χ3v) is 5.41. The second-order valence-electron chi connectivity index (χ2n) is 5.94. The quantitative estimate of drug-likeness (QED) is 0.869. The zero-order valence-electron chi connectivity index (χ0n) is 13.1. The van der Waals surface area contributed by atoms with E-state index >= 15 is 0 Å². The molecule has 24 heavy (non-hydrogen) atoms. The zero-order chi connectivity index (χ0) is 16.7. The molecule has 0 unspecified atom stereocenters. The Kier molecular flexibility index (Phi) is 3.80. The second-order valence-corrected chi connectivity index (χ2v) is 7.00. The van der Waals surface area contributed by atoms with Crippen LogP contribution in [0.25, 0.3) is 5.13 Å². The fourth-order valence-corrected chi connectivity index (χ4v) is 4.20. The van der Waals surface area contributed by atoms with Crippen molar-refractivity contribution in [2.24, 2.45) is 0 Å². The lowest BCUT2D eigenvalue weighted by atomic mass is 10.1. The molecule has 8 nitrogen and oxygen atoms in total. The van der Waals surface area contributed by atoms with Gasteiger partial charge in [-0.3, -0.25) is 4.79 Å². The molecule has 1 N–H and O–H groups in total. The second kappa shape index (κ2) is 5.98. The third kappa shape index (κ3) is 2.49. The lowest BCUT2D eigenvalue weighted by Gasteiger charge is -2.23. The molecule has 0 aliphatic carbocycles. The molecule has 124 valence electrons. The fourth-order valence-electron chi connectivity index (χ4n) is 3.22. The summed E-state index contributed by atoms with van der Waals surface area (Å²) < 4.78 is 6.72. The van der Waals surface area contributed by atoms with Crippen LogP contribution in [0.2, 0.25) is 0 Å². The van der Waals surface area contributed by atoms with E-state index in [4.69, 9.17) is 10.00 Å². The van der Waals surface area contributed by atoms with E-state index < -0.39 is 0 Å². The summed E-state index contributed by atoms with van der Waals surface area (Å²) >= 11 is 1.45. The van der Waals surface area contributed by atoms with Crippen LogP contribution in [0.5, 0.6) is 0 Å². The van der Waals surface area contributed by atoms with Crippen molar-refractivity contribution in [2.75, 3.05) is 20.3 Å². The van der Waals surface area contributed by atoms with Gasteiger partial charge in [0.15, 0.2) is 0 Å². The Bertz CT molecular complexity index is 822. The van der Waals surface area contributed by atoms with E-state index in [0.29, 0.717) is 35.6 Å². The highest BCUT2D eigenvalue weighted by molar-refractivity contribution is 7.14. The van der Waals surface area contributed by atoms with E-state index in [1.54, 1.807) is 18.0 Å². The van der Waals surface area contributed by atoms with Crippen LogP contribution in [0.1, 0.15) is 27.3 Å². The van der Waals surface area contributed by atoms with Crippen molar-refractivity contribution >= 4 is 17.2 Å². The molecule has 0 radical (unpaired) electrons. The van der Waals surface area contributed by atoms with Gasteiger partial charge in [0.05, 0.1) is 36.0 Å². The van der Waals surface area contributed by atoms with E-state index in [1.165, 1.54) is 17.5 Å². The van der Waals surface area contributed by atoms with Crippen molar-refractivity contribution in [3.05, 3.63) is 28.5 Å². The first kappa shape index (κ1) is 15.3. The largest absolute Gasteiger partial charge is 0.383 e. The summed E-state index contributed by atoms with van der Waals surface area (Å²) in [4.78, 5) is 20.0. The summed E-state index contributed by atoms with van der Waals surface area (Å²) in [7, 11) is 1.69. The van der Waals surface area contributed by atoms with E-state index in [2.05, 4.69) is 15.4 Å². The molecule has 2 atom stereocenters. The highest BCUT2D eigenvalue weighted by Crippen LogP contribution is 2.32. The van der Waals surface area contributed by atoms with E-state index in [0.717, 1.165) is 17.8 Å². The maximum atomic E-state index is 12.7. The number of carbonyl (C=O) groups excluding carboxylic acids is 1. The molecule has 2 aliphatic heterocycles. The smallest absolute Gasteiger partial charge is 0.274 e. The molecule has 2 aromatic heterocycles. The fraction of sp³-hybridized carbons (Fsp3) is 0.467. The number of nitrogens with zero attached hydrogens (tertiary/aromatic N) is 5. The number of hydrogen-bond donors (Lipinski definition) is 1. The Hall–Kier alpha value is -2.28. The van der Waals surface area contributed by atoms with Crippen LogP contribution in [0.3, 0.4) is 0 Å². The first-order chi connectivity index (χ1) is 11.7. The molecule has 1 fully saturated rings. The Morgan fingerprint density at radius 3 is 3.17 bits per heavy atom. The van der Waals surface area contributed by atoms with Gasteiger partial charge in [-0.2, -0.15) is 10.4 Å². The zero-order valence-corrected chi connectivity index (χ0v) is 13.9. The summed E-state index contributed by atoms with van der Waals surface area (Å²) in [6.45, 7) is 2.03. The number of hydrogen-bond acceptors (Lipinski definition) is 7. The number of aromatic nitrogens is 3. The Balaban J connectivity index is 1.51. The topological polar surface area (TPSA) is 96.1 Å². The summed E-state index contributed by atoms with van der Waals surface area (Å²) in [6, 6.07) is 2.51. The molecule has 1 amide bonds. The van der Waals surface area contributed by atoms with E-state index in [-0.39, 0.29) is 11.9 Å². The monoisotopic (exact) mass is 344 g/mol. The van der Waals surface area contributed by atoms with Crippen molar-refractivity contribution in [3.8, 4) is 11.2 Å². The highest BCUT2D eigenvalue weighted by Gasteiger charge is 2.39. The van der Waals surface area contributed by atoms with Crippen LogP contribution in [0.4, 0.5) is 0 Å². The Morgan fingerprint density at radius 2 is 2.46 bits per heavy atom. The first-order valence-corrected chi connectivity index (χ1v) is 8.49. The minimum Gasteiger partial charge on any atom is -0.383 e. The number of methoxy groups -OCH3 is 1. The van der Waals surface area contributed by atoms with Gasteiger partial charge in [-0.15, -0.1) is 0 Å². The summed E-state index contributed by atoms with van der Waals surface area (Å²) in [5, 5.41) is 17.0. The van der Waals surface area contributed by atoms with Gasteiger partial charge in [0.1, 0.15) is 11.8 Å². The van der Waals surface area contributed by atoms with Crippen molar-refractivity contribution < 1.29 is 9.53 Å². The number of amides is 1. The Labute approximate surface area is 142 Å². The van der Waals surface area contributed by atoms with Gasteiger partial charge < -0.3 is 15.0 Å². The highest BCUT2D eigenvalue weighted by atomic mass is 32.1. The molecule has 2 aromatic rings. The molecule has 0 spiro atoms. The van der Waals surface area contributed by atoms with Gasteiger partial charge in [-0.25, -0.2) is 9.67 Å². The van der Waals surface area contributed by atoms with Crippen molar-refractivity contribution in [2.45, 2.75) is 25.0 Å². The number of ether oxygens (including phenoxy) is 1. The van der Waals surface area contributed by atoms with Gasteiger partial charge in [0.2, 0.25) is 5.13 Å². The van der Waals surface area contributed by atoms with Crippen LogP contribution in [-0.4, -0.2) is 57.9 Å². The number of fused-ring (bicyclic) bond motifs is 1. The van der Waals surface area contributed by atoms with Crippen molar-refractivity contribution in [1.29, 1.82) is 5.26 Å². The minimum absolute atomic E-state index is 0.0231. The van der Waals surface area contributed by atoms with Gasteiger partial charge in [0.25, 0.3) is 5.91 Å². The lowest BCUT2D eigenvalue weighted by molar-refractivity contribution is 0.0707. The normalized spacial score (nSPS) is 22.8. The molecule has 2 aliphatic rings. The molecule has 4 heterocycles. The maximum Gasteiger partial charge on any atom is 0.274 e. The van der Waals surface area contributed by atoms with Gasteiger partial charge in [-0.05, 0) is 6.42 Å². The minimum atomic E-state index is -0.0231. The van der Waals surface area contributed by atoms with E-state index in [9.17, 15) is 4.79 Å². The number of nitrogens with one attached hydrogen (secondary N) is 1. The average Bonchev–Trinajstić information content (AvgIpc) is 3.32. The number of nitriles is 1. The Morgan fingerprint density at radius 1 is 1.58 bits per heavy atom. The van der Waals surface area contributed by atoms with Gasteiger partial charge in [0, 0.05) is 25.7 Å². The van der Waals surface area contributed by atoms with E-state index in [1.807, 2.05) is 11.0 Å². The lowest BCUT2D eigenvalue weighted by Crippen LogP contribution is -2.37. The van der Waals surface area contributed by atoms with Crippen LogP contribution in [-0.2, 0) is 11.3 Å². The number of rotatable bonds is 4. The van der Waals surface area contributed by atoms with Crippen LogP contribution >= 0.6 is 11.3 Å². The van der Waals surface area contributed by atoms with Crippen LogP contribution in [0, 0.1) is 11.3 Å². The number of thiazole rings is 1. The van der Waals surface area contributed by atoms with Crippen LogP contribution < -0.4 is 5.32 Å². The molecule has 9 heteroatoms. The summed E-state index contributed by atoms with van der Waals surface area (Å²) in [5.74, 6) is -0.0231. The molecule has 4 rings (SSSR count). The van der Waals surface area contributed by atoms with Crippen LogP contribution in [0.15, 0.2) is 12.4 Å². The number of carbonyl (C=O) groups is 1. The molecule has 0 saturated carbocycles. The molecule has 0 bridgehead atoms. The average molecular weight is 344 g/mol. The summed E-state index contributed by atoms with van der Waals surface area (Å²) in [6.07, 6.45) is 4.00. The van der Waals surface area contributed by atoms with Gasteiger partial charge in [-0.1, -0.05) is 11.3 Å². The molecular weight excluding hydrogens is 328 g/mol. The molecule has 1 saturated heterocycles. The molecular formula is C15H16N6O2S. The maximum absolute atomic E-state index is 12.7. The first-order valence-electron chi connectivity index (χ1n) is 7.67. The standard InChI is InChI=1S/C15H16N6O2S/c1-23-8-10-2-11(5-17-10)20-7-12-13(14(20)22)19-15(24-12)21-6-9(3-16)4-18-21/h4,6,10-11,17H,2,5,7-8H2,1H3/t10-,11+/m0/s1.